The van der Waals surface area contributed by atoms with Gasteiger partial charge in [0, 0.05) is 31.5 Å². The molecule has 4 heteroatoms. The fraction of sp³-hybridized carbons (Fsp3) is 0.708. The van der Waals surface area contributed by atoms with E-state index in [-0.39, 0.29) is 29.2 Å². The molecular weight excluding hydrogens is 350 g/mol. The predicted molar refractivity (Wildman–Crippen MR) is 106 cm³/mol. The molecule has 1 aromatic rings. The van der Waals surface area contributed by atoms with Crippen LogP contribution in [0, 0.1) is 23.7 Å². The maximum atomic E-state index is 13.2. The van der Waals surface area contributed by atoms with Crippen LogP contribution in [-0.4, -0.2) is 41.3 Å². The maximum Gasteiger partial charge on any atom is 0.311 e. The first-order valence-electron chi connectivity index (χ1n) is 11.2. The monoisotopic (exact) mass is 381 g/mol. The van der Waals surface area contributed by atoms with Gasteiger partial charge in [0.25, 0.3) is 0 Å². The topological polar surface area (TPSA) is 42.1 Å². The first-order valence-corrected chi connectivity index (χ1v) is 11.2. The van der Waals surface area contributed by atoms with E-state index >= 15 is 0 Å². The summed E-state index contributed by atoms with van der Waals surface area (Å²) >= 11 is 0. The van der Waals surface area contributed by atoms with Crippen molar-refractivity contribution in [2.24, 2.45) is 23.7 Å². The molecule has 2 saturated heterocycles. The predicted octanol–water partition coefficient (Wildman–Crippen LogP) is 3.57. The van der Waals surface area contributed by atoms with Gasteiger partial charge in [0.1, 0.15) is 11.7 Å². The molecule has 4 nitrogen and oxygen atoms in total. The second-order valence-corrected chi connectivity index (χ2v) is 10.3. The lowest BCUT2D eigenvalue weighted by Crippen LogP contribution is -2.58. The highest BCUT2D eigenvalue weighted by atomic mass is 16.7. The van der Waals surface area contributed by atoms with E-state index in [1.54, 1.807) is 0 Å². The summed E-state index contributed by atoms with van der Waals surface area (Å²) in [6.45, 7) is 7.41. The first-order chi connectivity index (χ1) is 13.5. The van der Waals surface area contributed by atoms with Crippen molar-refractivity contribution in [2.45, 2.75) is 69.8 Å². The number of rotatable bonds is 2. The smallest absolute Gasteiger partial charge is 0.311 e. The van der Waals surface area contributed by atoms with Crippen LogP contribution in [0.15, 0.2) is 24.3 Å². The van der Waals surface area contributed by atoms with Crippen molar-refractivity contribution in [3.8, 4) is 0 Å². The van der Waals surface area contributed by atoms with Gasteiger partial charge < -0.3 is 9.47 Å². The number of nitrogens with zero attached hydrogens (tertiary/aromatic N) is 1. The van der Waals surface area contributed by atoms with Gasteiger partial charge in [0.2, 0.25) is 0 Å². The molecule has 0 N–H and O–H groups in total. The van der Waals surface area contributed by atoms with Crippen molar-refractivity contribution in [3.63, 3.8) is 0 Å². The maximum absolute atomic E-state index is 13.2. The van der Waals surface area contributed by atoms with E-state index in [2.05, 4.69) is 43.0 Å². The third-order valence-electron chi connectivity index (χ3n) is 8.76. The minimum absolute atomic E-state index is 0.00631. The van der Waals surface area contributed by atoms with Gasteiger partial charge in [0.15, 0.2) is 0 Å². The van der Waals surface area contributed by atoms with Crippen LogP contribution in [0.1, 0.15) is 50.7 Å². The van der Waals surface area contributed by atoms with Crippen LogP contribution in [0.25, 0.3) is 0 Å². The lowest BCUT2D eigenvalue weighted by Gasteiger charge is -2.50. The van der Waals surface area contributed by atoms with Gasteiger partial charge >= 0.3 is 5.97 Å². The zero-order valence-corrected chi connectivity index (χ0v) is 17.0. The molecule has 1 spiro atoms. The largest absolute Gasteiger partial charge is 0.455 e. The fourth-order valence-corrected chi connectivity index (χ4v) is 7.25. The SMILES string of the molecule is C[C@@H]1CC[C@H]2[C@@H](CN3CCc4ccccc4C3)C(=O)O[C@]23[C@H]1CC[C@@]1(C)O[C@@H]31. The molecule has 5 aliphatic rings. The summed E-state index contributed by atoms with van der Waals surface area (Å²) in [6, 6.07) is 8.73. The zero-order valence-electron chi connectivity index (χ0n) is 17.0. The summed E-state index contributed by atoms with van der Waals surface area (Å²) in [5.41, 5.74) is 2.48. The van der Waals surface area contributed by atoms with E-state index in [4.69, 9.17) is 9.47 Å². The second-order valence-electron chi connectivity index (χ2n) is 10.3. The molecule has 0 bridgehead atoms. The molecule has 3 heterocycles. The lowest BCUT2D eigenvalue weighted by molar-refractivity contribution is -0.168. The molecule has 6 rings (SSSR count). The lowest BCUT2D eigenvalue weighted by atomic mass is 9.55. The summed E-state index contributed by atoms with van der Waals surface area (Å²) in [5.74, 6) is 1.47. The molecule has 3 aliphatic heterocycles. The number of carbonyl (C=O) groups excluding carboxylic acids is 1. The zero-order chi connectivity index (χ0) is 19.1. The van der Waals surface area contributed by atoms with E-state index in [9.17, 15) is 4.79 Å². The average Bonchev–Trinajstić information content (AvgIpc) is 3.32. The van der Waals surface area contributed by atoms with Crippen molar-refractivity contribution in [2.75, 3.05) is 13.1 Å². The summed E-state index contributed by atoms with van der Waals surface area (Å²) < 4.78 is 12.6. The fourth-order valence-electron chi connectivity index (χ4n) is 7.25. The molecule has 0 aromatic heterocycles. The van der Waals surface area contributed by atoms with Crippen molar-refractivity contribution < 1.29 is 14.3 Å². The van der Waals surface area contributed by atoms with Crippen LogP contribution >= 0.6 is 0 Å². The van der Waals surface area contributed by atoms with Crippen LogP contribution in [0.3, 0.4) is 0 Å². The molecule has 0 amide bonds. The Balaban J connectivity index is 1.28. The standard InChI is InChI=1S/C24H31NO3/c1-15-7-8-20-18(14-25-12-10-16-5-3-4-6-17(16)13-25)21(26)27-24(20)19(15)9-11-23(2)22(24)28-23/h3-6,15,18-20,22H,7-14H2,1-2H3/t15-,18-,19+,20+,22-,23-,24-/m1/s1. The minimum atomic E-state index is -0.347. The Labute approximate surface area is 167 Å². The molecule has 0 radical (unpaired) electrons. The first kappa shape index (κ1) is 17.5. The molecule has 150 valence electrons. The highest BCUT2D eigenvalue weighted by Crippen LogP contribution is 2.66. The van der Waals surface area contributed by atoms with Gasteiger partial charge in [-0.25, -0.2) is 0 Å². The number of ether oxygens (including phenoxy) is 2. The normalized spacial score (nSPS) is 46.8. The van der Waals surface area contributed by atoms with Gasteiger partial charge in [-0.3, -0.25) is 9.69 Å². The number of esters is 1. The molecule has 0 unspecified atom stereocenters. The number of epoxide rings is 1. The van der Waals surface area contributed by atoms with Crippen LogP contribution in [-0.2, 0) is 27.2 Å². The van der Waals surface area contributed by atoms with E-state index in [1.165, 1.54) is 17.5 Å². The average molecular weight is 382 g/mol. The van der Waals surface area contributed by atoms with Crippen molar-refractivity contribution in [3.05, 3.63) is 35.4 Å². The van der Waals surface area contributed by atoms with Crippen LogP contribution < -0.4 is 0 Å². The summed E-state index contributed by atoms with van der Waals surface area (Å²) in [7, 11) is 0. The van der Waals surface area contributed by atoms with Gasteiger partial charge in [-0.05, 0) is 56.1 Å². The van der Waals surface area contributed by atoms with E-state index in [1.807, 2.05) is 0 Å². The highest BCUT2D eigenvalue weighted by Gasteiger charge is 2.77. The van der Waals surface area contributed by atoms with Crippen molar-refractivity contribution in [1.29, 1.82) is 0 Å². The number of benzene rings is 1. The number of hydrogen-bond donors (Lipinski definition) is 0. The third-order valence-corrected chi connectivity index (χ3v) is 8.76. The molecule has 4 fully saturated rings. The van der Waals surface area contributed by atoms with E-state index < -0.39 is 0 Å². The van der Waals surface area contributed by atoms with Gasteiger partial charge in [0.05, 0.1) is 11.5 Å². The number of carbonyl (C=O) groups is 1. The number of hydrogen-bond acceptors (Lipinski definition) is 4. The van der Waals surface area contributed by atoms with Gasteiger partial charge in [-0.1, -0.05) is 31.2 Å². The van der Waals surface area contributed by atoms with E-state index in [0.717, 1.165) is 45.3 Å². The Kier molecular flexibility index (Phi) is 3.63. The van der Waals surface area contributed by atoms with E-state index in [0.29, 0.717) is 17.8 Å². The number of fused-ring (bicyclic) bond motifs is 2. The Morgan fingerprint density at radius 3 is 2.82 bits per heavy atom. The van der Waals surface area contributed by atoms with Crippen molar-refractivity contribution in [1.82, 2.24) is 4.90 Å². The Hall–Kier alpha value is -1.39. The summed E-state index contributed by atoms with van der Waals surface area (Å²) in [4.78, 5) is 15.7. The molecule has 1 aromatic carbocycles. The van der Waals surface area contributed by atoms with Crippen LogP contribution in [0.4, 0.5) is 0 Å². The van der Waals surface area contributed by atoms with Crippen LogP contribution in [0.2, 0.25) is 0 Å². The Bertz CT molecular complexity index is 824. The third kappa shape index (κ3) is 2.28. The minimum Gasteiger partial charge on any atom is -0.455 e. The molecule has 7 atom stereocenters. The summed E-state index contributed by atoms with van der Waals surface area (Å²) in [6.07, 6.45) is 5.79. The quantitative estimate of drug-likeness (QED) is 0.580. The Morgan fingerprint density at radius 1 is 1.14 bits per heavy atom. The van der Waals surface area contributed by atoms with Gasteiger partial charge in [-0.15, -0.1) is 0 Å². The highest BCUT2D eigenvalue weighted by molar-refractivity contribution is 5.77. The summed E-state index contributed by atoms with van der Waals surface area (Å²) in [5, 5.41) is 0. The molecule has 2 saturated carbocycles. The molecule has 2 aliphatic carbocycles. The molecule has 28 heavy (non-hydrogen) atoms. The van der Waals surface area contributed by atoms with Gasteiger partial charge in [-0.2, -0.15) is 0 Å². The van der Waals surface area contributed by atoms with Crippen LogP contribution in [0.5, 0.6) is 0 Å². The Morgan fingerprint density at radius 2 is 1.96 bits per heavy atom. The second kappa shape index (κ2) is 5.82. The van der Waals surface area contributed by atoms with Crippen molar-refractivity contribution >= 4 is 5.97 Å². The molecular formula is C24H31NO3.